The second-order valence-electron chi connectivity index (χ2n) is 8.16. The summed E-state index contributed by atoms with van der Waals surface area (Å²) in [7, 11) is 0. The number of fused-ring (bicyclic) bond motifs is 1. The van der Waals surface area contributed by atoms with E-state index in [0.29, 0.717) is 23.5 Å². The van der Waals surface area contributed by atoms with Crippen molar-refractivity contribution in [3.8, 4) is 5.75 Å². The molecule has 7 nitrogen and oxygen atoms in total. The van der Waals surface area contributed by atoms with Crippen LogP contribution >= 0.6 is 0 Å². The van der Waals surface area contributed by atoms with E-state index in [1.165, 1.54) is 4.90 Å². The number of rotatable bonds is 8. The molecular weight excluding hydrogens is 420 g/mol. The van der Waals surface area contributed by atoms with Gasteiger partial charge < -0.3 is 24.5 Å². The predicted octanol–water partition coefficient (Wildman–Crippen LogP) is 4.41. The van der Waals surface area contributed by atoms with Gasteiger partial charge in [-0.1, -0.05) is 30.3 Å². The van der Waals surface area contributed by atoms with Crippen LogP contribution in [0.3, 0.4) is 0 Å². The summed E-state index contributed by atoms with van der Waals surface area (Å²) >= 11 is 0. The van der Waals surface area contributed by atoms with Crippen molar-refractivity contribution in [1.29, 1.82) is 0 Å². The van der Waals surface area contributed by atoms with Crippen molar-refractivity contribution in [1.82, 2.24) is 9.88 Å². The molecule has 3 aromatic rings. The number of amides is 1. The Morgan fingerprint density at radius 1 is 1.12 bits per heavy atom. The number of benzene rings is 2. The number of aliphatic hydroxyl groups is 1. The Bertz CT molecular complexity index is 1190. The molecule has 0 bridgehead atoms. The molecule has 1 saturated heterocycles. The zero-order valence-electron chi connectivity index (χ0n) is 19.0. The van der Waals surface area contributed by atoms with E-state index in [0.717, 1.165) is 10.9 Å². The molecule has 1 amide bonds. The third-order valence-electron chi connectivity index (χ3n) is 5.67. The molecule has 0 aliphatic carbocycles. The number of likely N-dealkylation sites (tertiary alicyclic amines) is 1. The number of aliphatic hydroxyl groups excluding tert-OH is 1. The van der Waals surface area contributed by atoms with E-state index in [4.69, 9.17) is 9.47 Å². The molecule has 1 aliphatic heterocycles. The van der Waals surface area contributed by atoms with Crippen molar-refractivity contribution >= 4 is 28.4 Å². The van der Waals surface area contributed by atoms with Gasteiger partial charge in [-0.05, 0) is 44.5 Å². The number of nitrogens with one attached hydrogen (secondary N) is 1. The van der Waals surface area contributed by atoms with Crippen molar-refractivity contribution < 1.29 is 24.2 Å². The Balaban J connectivity index is 1.81. The lowest BCUT2D eigenvalue weighted by atomic mass is 9.95. The predicted molar refractivity (Wildman–Crippen MR) is 126 cm³/mol. The molecule has 7 heteroatoms. The van der Waals surface area contributed by atoms with E-state index < -0.39 is 17.7 Å². The summed E-state index contributed by atoms with van der Waals surface area (Å²) in [4.78, 5) is 30.8. The first-order chi connectivity index (χ1) is 15.9. The van der Waals surface area contributed by atoms with Crippen molar-refractivity contribution in [2.75, 3.05) is 19.8 Å². The second-order valence-corrected chi connectivity index (χ2v) is 8.16. The Kier molecular flexibility index (Phi) is 6.51. The van der Waals surface area contributed by atoms with Gasteiger partial charge in [-0.3, -0.25) is 9.59 Å². The van der Waals surface area contributed by atoms with Gasteiger partial charge in [0.05, 0.1) is 30.9 Å². The summed E-state index contributed by atoms with van der Waals surface area (Å²) in [6, 6.07) is 14.0. The quantitative estimate of drug-likeness (QED) is 0.303. The highest BCUT2D eigenvalue weighted by molar-refractivity contribution is 6.46. The molecule has 4 rings (SSSR count). The summed E-state index contributed by atoms with van der Waals surface area (Å²) in [6.45, 7) is 6.77. The first-order valence-corrected chi connectivity index (χ1v) is 11.1. The van der Waals surface area contributed by atoms with E-state index >= 15 is 0 Å². The fourth-order valence-electron chi connectivity index (χ4n) is 4.17. The third-order valence-corrected chi connectivity index (χ3v) is 5.67. The Labute approximate surface area is 192 Å². The SMILES string of the molecule is CCOc1ccc(C2/C(=C(/O)c3c[nH]c4ccccc34)C(=O)C(=O)N2CCOC(C)C)cc1. The van der Waals surface area contributed by atoms with Gasteiger partial charge in [0, 0.05) is 29.2 Å². The number of aromatic nitrogens is 1. The first-order valence-electron chi connectivity index (χ1n) is 11.1. The highest BCUT2D eigenvalue weighted by Crippen LogP contribution is 2.40. The number of aromatic amines is 1. The van der Waals surface area contributed by atoms with Crippen molar-refractivity contribution in [3.63, 3.8) is 0 Å². The summed E-state index contributed by atoms with van der Waals surface area (Å²) in [5.41, 5.74) is 2.09. The van der Waals surface area contributed by atoms with Crippen molar-refractivity contribution in [3.05, 3.63) is 71.4 Å². The molecule has 1 fully saturated rings. The third kappa shape index (κ3) is 4.36. The van der Waals surface area contributed by atoms with Crippen LogP contribution in [0.4, 0.5) is 0 Å². The standard InChI is InChI=1S/C26H28N2O5/c1-4-32-18-11-9-17(10-12-18)23-22(25(30)26(31)28(23)13-14-33-16(2)3)24(29)20-15-27-21-8-6-5-7-19(20)21/h5-12,15-16,23,27,29H,4,13-14H2,1-3H3/b24-22-. The number of hydrogen-bond acceptors (Lipinski definition) is 5. The van der Waals surface area contributed by atoms with Crippen LogP contribution in [0.25, 0.3) is 16.7 Å². The molecule has 0 saturated carbocycles. The lowest BCUT2D eigenvalue weighted by molar-refractivity contribution is -0.140. The Hall–Kier alpha value is -3.58. The van der Waals surface area contributed by atoms with Crippen LogP contribution in [0.5, 0.6) is 5.75 Å². The molecule has 2 heterocycles. The van der Waals surface area contributed by atoms with Crippen molar-refractivity contribution in [2.45, 2.75) is 32.9 Å². The van der Waals surface area contributed by atoms with E-state index in [-0.39, 0.29) is 30.6 Å². The van der Waals surface area contributed by atoms with Crippen LogP contribution in [0.15, 0.2) is 60.3 Å². The summed E-state index contributed by atoms with van der Waals surface area (Å²) in [5, 5.41) is 12.1. The number of ether oxygens (including phenoxy) is 2. The fraction of sp³-hybridized carbons (Fsp3) is 0.308. The highest BCUT2D eigenvalue weighted by atomic mass is 16.5. The molecule has 0 radical (unpaired) electrons. The van der Waals surface area contributed by atoms with E-state index in [2.05, 4.69) is 4.98 Å². The number of carbonyl (C=O) groups excluding carboxylic acids is 2. The molecule has 33 heavy (non-hydrogen) atoms. The van der Waals surface area contributed by atoms with Gasteiger partial charge in [0.25, 0.3) is 11.7 Å². The van der Waals surface area contributed by atoms with Gasteiger partial charge in [0.2, 0.25) is 0 Å². The molecular formula is C26H28N2O5. The maximum absolute atomic E-state index is 13.2. The Morgan fingerprint density at radius 2 is 1.85 bits per heavy atom. The zero-order chi connectivity index (χ0) is 23.5. The summed E-state index contributed by atoms with van der Waals surface area (Å²) in [6.07, 6.45) is 1.65. The van der Waals surface area contributed by atoms with E-state index in [9.17, 15) is 14.7 Å². The van der Waals surface area contributed by atoms with Gasteiger partial charge in [-0.25, -0.2) is 0 Å². The molecule has 1 aliphatic rings. The topological polar surface area (TPSA) is 91.9 Å². The maximum atomic E-state index is 13.2. The first kappa shape index (κ1) is 22.6. The molecule has 172 valence electrons. The average molecular weight is 449 g/mol. The van der Waals surface area contributed by atoms with E-state index in [1.54, 1.807) is 18.3 Å². The number of Topliss-reactive ketones (excluding diaryl/α,β-unsaturated/α-hetero) is 1. The van der Waals surface area contributed by atoms with Gasteiger partial charge >= 0.3 is 0 Å². The van der Waals surface area contributed by atoms with Gasteiger partial charge in [0.15, 0.2) is 0 Å². The zero-order valence-corrected chi connectivity index (χ0v) is 19.0. The summed E-state index contributed by atoms with van der Waals surface area (Å²) in [5.74, 6) is -0.862. The van der Waals surface area contributed by atoms with E-state index in [1.807, 2.05) is 57.2 Å². The molecule has 2 N–H and O–H groups in total. The number of carbonyl (C=O) groups is 2. The summed E-state index contributed by atoms with van der Waals surface area (Å²) < 4.78 is 11.2. The second kappa shape index (κ2) is 9.50. The van der Waals surface area contributed by atoms with Crippen LogP contribution in [-0.2, 0) is 14.3 Å². The van der Waals surface area contributed by atoms with Gasteiger partial charge in [0.1, 0.15) is 11.5 Å². The number of ketones is 1. The molecule has 0 spiro atoms. The molecule has 2 aromatic carbocycles. The van der Waals surface area contributed by atoms with Crippen LogP contribution in [0.1, 0.15) is 37.9 Å². The minimum atomic E-state index is -0.731. The van der Waals surface area contributed by atoms with Gasteiger partial charge in [-0.15, -0.1) is 0 Å². The largest absolute Gasteiger partial charge is 0.507 e. The van der Waals surface area contributed by atoms with Crippen LogP contribution in [-0.4, -0.2) is 52.5 Å². The maximum Gasteiger partial charge on any atom is 0.295 e. The Morgan fingerprint density at radius 3 is 2.55 bits per heavy atom. The van der Waals surface area contributed by atoms with Crippen LogP contribution < -0.4 is 4.74 Å². The van der Waals surface area contributed by atoms with Crippen LogP contribution in [0, 0.1) is 0 Å². The number of hydrogen-bond donors (Lipinski definition) is 2. The van der Waals surface area contributed by atoms with Crippen molar-refractivity contribution in [2.24, 2.45) is 0 Å². The smallest absolute Gasteiger partial charge is 0.295 e. The minimum absolute atomic E-state index is 0.00281. The average Bonchev–Trinajstić information content (AvgIpc) is 3.34. The molecule has 1 aromatic heterocycles. The molecule has 1 atom stereocenters. The number of para-hydroxylation sites is 1. The molecule has 1 unspecified atom stereocenters. The number of nitrogens with zero attached hydrogens (tertiary/aromatic N) is 1. The number of H-pyrrole nitrogens is 1. The van der Waals surface area contributed by atoms with Gasteiger partial charge in [-0.2, -0.15) is 0 Å². The monoisotopic (exact) mass is 448 g/mol. The van der Waals surface area contributed by atoms with Crippen LogP contribution in [0.2, 0.25) is 0 Å². The normalized spacial score (nSPS) is 17.9. The lowest BCUT2D eigenvalue weighted by Crippen LogP contribution is -2.33. The lowest BCUT2D eigenvalue weighted by Gasteiger charge is -2.25. The fourth-order valence-corrected chi connectivity index (χ4v) is 4.17. The minimum Gasteiger partial charge on any atom is -0.507 e. The highest BCUT2D eigenvalue weighted by Gasteiger charge is 2.46.